The van der Waals surface area contributed by atoms with Gasteiger partial charge in [-0.1, -0.05) is 0 Å². The number of rotatable bonds is 4. The van der Waals surface area contributed by atoms with Crippen LogP contribution in [0.3, 0.4) is 0 Å². The summed E-state index contributed by atoms with van der Waals surface area (Å²) < 4.78 is 7.52. The summed E-state index contributed by atoms with van der Waals surface area (Å²) in [7, 11) is 0. The first kappa shape index (κ1) is 16.8. The first-order valence-corrected chi connectivity index (χ1v) is 9.21. The zero-order chi connectivity index (χ0) is 17.9. The van der Waals surface area contributed by atoms with Crippen LogP contribution < -0.4 is 20.5 Å². The second kappa shape index (κ2) is 7.33. The van der Waals surface area contributed by atoms with Gasteiger partial charge in [0.15, 0.2) is 0 Å². The number of nitrogens with zero attached hydrogens (tertiary/aromatic N) is 2. The van der Waals surface area contributed by atoms with Crippen LogP contribution in [0.15, 0.2) is 47.4 Å². The number of hydrogen-bond donors (Lipinski definition) is 1. The van der Waals surface area contributed by atoms with Crippen molar-refractivity contribution in [1.82, 2.24) is 9.88 Å². The van der Waals surface area contributed by atoms with E-state index in [1.165, 1.54) is 0 Å². The average molecular weight is 353 g/mol. The van der Waals surface area contributed by atoms with E-state index in [1.54, 1.807) is 21.7 Å². The highest BCUT2D eigenvalue weighted by molar-refractivity contribution is 5.95. The van der Waals surface area contributed by atoms with Crippen LogP contribution in [-0.4, -0.2) is 36.2 Å². The average Bonchev–Trinajstić information content (AvgIpc) is 3.09. The van der Waals surface area contributed by atoms with Gasteiger partial charge in [0.2, 0.25) is 5.91 Å². The molecular formula is C20H23N3O3. The highest BCUT2D eigenvalue weighted by Gasteiger charge is 2.21. The van der Waals surface area contributed by atoms with Gasteiger partial charge >= 0.3 is 0 Å². The summed E-state index contributed by atoms with van der Waals surface area (Å²) in [5, 5.41) is 3.30. The number of nitrogens with one attached hydrogen (secondary N) is 1. The van der Waals surface area contributed by atoms with Crippen LogP contribution in [0, 0.1) is 0 Å². The van der Waals surface area contributed by atoms with Gasteiger partial charge in [-0.05, 0) is 62.7 Å². The molecule has 4 rings (SSSR count). The molecular weight excluding hydrogens is 330 g/mol. The molecule has 0 unspecified atom stereocenters. The predicted molar refractivity (Wildman–Crippen MR) is 100 cm³/mol. The van der Waals surface area contributed by atoms with Gasteiger partial charge in [-0.3, -0.25) is 14.2 Å². The summed E-state index contributed by atoms with van der Waals surface area (Å²) in [6.07, 6.45) is 5.34. The number of carbonyl (C=O) groups excluding carboxylic acids is 1. The Hall–Kier alpha value is -2.60. The normalized spacial score (nSPS) is 18.3. The van der Waals surface area contributed by atoms with Crippen LogP contribution in [0.2, 0.25) is 0 Å². The molecule has 0 spiro atoms. The summed E-state index contributed by atoms with van der Waals surface area (Å²) in [6, 6.07) is 10.9. The smallest absolute Gasteiger partial charge is 0.258 e. The molecule has 26 heavy (non-hydrogen) atoms. The van der Waals surface area contributed by atoms with Crippen molar-refractivity contribution in [3.63, 3.8) is 0 Å². The minimum atomic E-state index is -0.124. The van der Waals surface area contributed by atoms with E-state index < -0.39 is 0 Å². The molecule has 2 saturated heterocycles. The highest BCUT2D eigenvalue weighted by atomic mass is 16.5. The van der Waals surface area contributed by atoms with Crippen molar-refractivity contribution < 1.29 is 9.53 Å². The number of ether oxygens (including phenoxy) is 1. The molecule has 1 amide bonds. The molecule has 1 aromatic heterocycles. The molecule has 0 atom stereocenters. The molecule has 0 aliphatic carbocycles. The Kier molecular flexibility index (Phi) is 4.75. The third-order valence-electron chi connectivity index (χ3n) is 4.99. The Bertz CT molecular complexity index is 838. The van der Waals surface area contributed by atoms with Crippen molar-refractivity contribution in [1.29, 1.82) is 0 Å². The molecule has 1 N–H and O–H groups in total. The molecule has 136 valence electrons. The van der Waals surface area contributed by atoms with Crippen molar-refractivity contribution in [3.8, 4) is 11.4 Å². The molecule has 6 nitrogen and oxygen atoms in total. The lowest BCUT2D eigenvalue weighted by molar-refractivity contribution is -0.117. The largest absolute Gasteiger partial charge is 0.490 e. The minimum absolute atomic E-state index is 0.124. The van der Waals surface area contributed by atoms with Crippen LogP contribution in [0.1, 0.15) is 25.7 Å². The minimum Gasteiger partial charge on any atom is -0.490 e. The molecule has 1 aromatic carbocycles. The standard InChI is InChI=1S/C20H23N3O3/c24-19-2-1-12-22(19)15-3-5-16(6-4-15)23-13-9-18(14-20(23)25)26-17-7-10-21-11-8-17/h3-6,9,13-14,17,21H,1-2,7-8,10-12H2. The SMILES string of the molecule is O=C1CCCN1c1ccc(-n2ccc(OC3CCNCC3)cc2=O)cc1. The van der Waals surface area contributed by atoms with Crippen molar-refractivity contribution >= 4 is 11.6 Å². The van der Waals surface area contributed by atoms with Crippen LogP contribution >= 0.6 is 0 Å². The second-order valence-electron chi connectivity index (χ2n) is 6.80. The Labute approximate surface area is 152 Å². The van der Waals surface area contributed by atoms with Gasteiger partial charge in [0.1, 0.15) is 11.9 Å². The number of aromatic nitrogens is 1. The van der Waals surface area contributed by atoms with Gasteiger partial charge in [-0.2, -0.15) is 0 Å². The molecule has 3 heterocycles. The van der Waals surface area contributed by atoms with E-state index in [-0.39, 0.29) is 17.6 Å². The maximum Gasteiger partial charge on any atom is 0.258 e. The van der Waals surface area contributed by atoms with Gasteiger partial charge in [0.05, 0.1) is 0 Å². The van der Waals surface area contributed by atoms with E-state index >= 15 is 0 Å². The fourth-order valence-electron chi connectivity index (χ4n) is 3.57. The summed E-state index contributed by atoms with van der Waals surface area (Å²) in [4.78, 5) is 26.1. The van der Waals surface area contributed by atoms with Gasteiger partial charge in [0.25, 0.3) is 5.56 Å². The Morgan fingerprint density at radius 1 is 1.00 bits per heavy atom. The van der Waals surface area contributed by atoms with Crippen LogP contribution in [-0.2, 0) is 4.79 Å². The third kappa shape index (κ3) is 3.51. The molecule has 6 heteroatoms. The van der Waals surface area contributed by atoms with E-state index in [2.05, 4.69) is 5.32 Å². The lowest BCUT2D eigenvalue weighted by atomic mass is 10.1. The number of anilines is 1. The van der Waals surface area contributed by atoms with Crippen molar-refractivity contribution in [2.75, 3.05) is 24.5 Å². The molecule has 0 saturated carbocycles. The molecule has 2 aliphatic rings. The third-order valence-corrected chi connectivity index (χ3v) is 4.99. The summed E-state index contributed by atoms with van der Waals surface area (Å²) in [6.45, 7) is 2.67. The van der Waals surface area contributed by atoms with Crippen LogP contribution in [0.5, 0.6) is 5.75 Å². The lowest BCUT2D eigenvalue weighted by Crippen LogP contribution is -2.34. The Morgan fingerprint density at radius 2 is 1.73 bits per heavy atom. The highest BCUT2D eigenvalue weighted by Crippen LogP contribution is 2.22. The maximum atomic E-state index is 12.5. The van der Waals surface area contributed by atoms with E-state index in [4.69, 9.17) is 4.74 Å². The number of carbonyl (C=O) groups is 1. The maximum absolute atomic E-state index is 12.5. The zero-order valence-corrected chi connectivity index (χ0v) is 14.7. The second-order valence-corrected chi connectivity index (χ2v) is 6.80. The molecule has 2 aliphatic heterocycles. The van der Waals surface area contributed by atoms with Crippen molar-refractivity contribution in [2.24, 2.45) is 0 Å². The van der Waals surface area contributed by atoms with Gasteiger partial charge in [-0.25, -0.2) is 0 Å². The first-order chi connectivity index (χ1) is 12.7. The van der Waals surface area contributed by atoms with E-state index in [9.17, 15) is 9.59 Å². The van der Waals surface area contributed by atoms with E-state index in [1.807, 2.05) is 30.3 Å². The fraction of sp³-hybridized carbons (Fsp3) is 0.400. The summed E-state index contributed by atoms with van der Waals surface area (Å²) >= 11 is 0. The van der Waals surface area contributed by atoms with Gasteiger partial charge in [0, 0.05) is 36.6 Å². The van der Waals surface area contributed by atoms with Crippen molar-refractivity contribution in [2.45, 2.75) is 31.8 Å². The summed E-state index contributed by atoms with van der Waals surface area (Å²) in [5.74, 6) is 0.784. The van der Waals surface area contributed by atoms with Gasteiger partial charge in [-0.15, -0.1) is 0 Å². The van der Waals surface area contributed by atoms with E-state index in [0.717, 1.165) is 50.3 Å². The Balaban J connectivity index is 1.50. The quantitative estimate of drug-likeness (QED) is 0.914. The number of piperidine rings is 1. The molecule has 0 radical (unpaired) electrons. The number of benzene rings is 1. The summed E-state index contributed by atoms with van der Waals surface area (Å²) in [5.41, 5.74) is 1.54. The molecule has 0 bridgehead atoms. The lowest BCUT2D eigenvalue weighted by Gasteiger charge is -2.23. The fourth-order valence-corrected chi connectivity index (χ4v) is 3.57. The van der Waals surface area contributed by atoms with Crippen molar-refractivity contribution in [3.05, 3.63) is 52.9 Å². The zero-order valence-electron chi connectivity index (χ0n) is 14.7. The molecule has 2 fully saturated rings. The number of amides is 1. The monoisotopic (exact) mass is 353 g/mol. The topological polar surface area (TPSA) is 63.6 Å². The van der Waals surface area contributed by atoms with Gasteiger partial charge < -0.3 is 15.0 Å². The predicted octanol–water partition coefficient (Wildman–Crippen LogP) is 2.10. The van der Waals surface area contributed by atoms with E-state index in [0.29, 0.717) is 12.2 Å². The molecule has 2 aromatic rings. The van der Waals surface area contributed by atoms with Crippen LogP contribution in [0.25, 0.3) is 5.69 Å². The first-order valence-electron chi connectivity index (χ1n) is 9.21. The van der Waals surface area contributed by atoms with Crippen LogP contribution in [0.4, 0.5) is 5.69 Å². The number of hydrogen-bond acceptors (Lipinski definition) is 4. The Morgan fingerprint density at radius 3 is 2.38 bits per heavy atom. The number of pyridine rings is 1.